The molecule has 16 heavy (non-hydrogen) atoms. The summed E-state index contributed by atoms with van der Waals surface area (Å²) in [7, 11) is 0. The molecule has 2 aromatic rings. The van der Waals surface area contributed by atoms with E-state index < -0.39 is 11.4 Å². The Morgan fingerprint density at radius 1 is 1.12 bits per heavy atom. The highest BCUT2D eigenvalue weighted by molar-refractivity contribution is 5.64. The van der Waals surface area contributed by atoms with Crippen LogP contribution in [-0.4, -0.2) is 4.98 Å². The third-order valence-electron chi connectivity index (χ3n) is 2.34. The predicted molar refractivity (Wildman–Crippen MR) is 57.2 cm³/mol. The smallest absolute Gasteiger partial charge is 0.248 e. The Morgan fingerprint density at radius 3 is 2.56 bits per heavy atom. The molecule has 1 heterocycles. The number of hydrogen-bond donors (Lipinski definition) is 1. The van der Waals surface area contributed by atoms with Gasteiger partial charge in [0, 0.05) is 17.8 Å². The van der Waals surface area contributed by atoms with E-state index in [-0.39, 0.29) is 11.4 Å². The van der Waals surface area contributed by atoms with Crippen molar-refractivity contribution in [3.05, 3.63) is 58.0 Å². The molecule has 0 aliphatic carbocycles. The van der Waals surface area contributed by atoms with Gasteiger partial charge in [0.25, 0.3) is 0 Å². The van der Waals surface area contributed by atoms with Crippen LogP contribution >= 0.6 is 0 Å². The van der Waals surface area contributed by atoms with Crippen LogP contribution in [0.25, 0.3) is 11.1 Å². The summed E-state index contributed by atoms with van der Waals surface area (Å²) in [4.78, 5) is 13.3. The molecule has 0 aliphatic rings. The summed E-state index contributed by atoms with van der Waals surface area (Å²) in [5.41, 5.74) is 0.685. The second kappa shape index (κ2) is 3.89. The van der Waals surface area contributed by atoms with Crippen LogP contribution in [0.1, 0.15) is 5.56 Å². The van der Waals surface area contributed by atoms with E-state index in [0.29, 0.717) is 11.1 Å². The monoisotopic (exact) mass is 221 g/mol. The van der Waals surface area contributed by atoms with Crippen LogP contribution in [0.4, 0.5) is 8.78 Å². The van der Waals surface area contributed by atoms with Gasteiger partial charge in [-0.05, 0) is 30.2 Å². The van der Waals surface area contributed by atoms with Crippen LogP contribution in [-0.2, 0) is 0 Å². The molecule has 0 bridgehead atoms. The van der Waals surface area contributed by atoms with Crippen LogP contribution in [0.15, 0.2) is 35.3 Å². The Bertz CT molecular complexity index is 590. The topological polar surface area (TPSA) is 32.9 Å². The van der Waals surface area contributed by atoms with Gasteiger partial charge >= 0.3 is 0 Å². The lowest BCUT2D eigenvalue weighted by atomic mass is 10.0. The van der Waals surface area contributed by atoms with Gasteiger partial charge < -0.3 is 4.98 Å². The van der Waals surface area contributed by atoms with E-state index in [1.807, 2.05) is 0 Å². The van der Waals surface area contributed by atoms with Crippen molar-refractivity contribution >= 4 is 0 Å². The predicted octanol–water partition coefficient (Wildman–Crippen LogP) is 2.63. The number of rotatable bonds is 1. The molecular formula is C12H9F2NO. The highest BCUT2D eigenvalue weighted by Crippen LogP contribution is 2.22. The van der Waals surface area contributed by atoms with Gasteiger partial charge in [-0.1, -0.05) is 6.07 Å². The molecule has 0 saturated carbocycles. The Morgan fingerprint density at radius 2 is 1.88 bits per heavy atom. The number of halogens is 2. The molecule has 0 aliphatic heterocycles. The van der Waals surface area contributed by atoms with E-state index >= 15 is 0 Å². The van der Waals surface area contributed by atoms with Crippen molar-refractivity contribution in [2.24, 2.45) is 0 Å². The van der Waals surface area contributed by atoms with Gasteiger partial charge in [0.2, 0.25) is 5.56 Å². The lowest BCUT2D eigenvalue weighted by Gasteiger charge is -2.04. The molecule has 0 fully saturated rings. The summed E-state index contributed by atoms with van der Waals surface area (Å²) < 4.78 is 26.5. The summed E-state index contributed by atoms with van der Waals surface area (Å²) in [6.45, 7) is 1.59. The van der Waals surface area contributed by atoms with Crippen molar-refractivity contribution in [1.29, 1.82) is 0 Å². The minimum atomic E-state index is -0.536. The SMILES string of the molecule is Cc1cc(-c2cc(=O)[nH]cc2F)ccc1F. The number of pyridine rings is 1. The normalized spacial score (nSPS) is 10.4. The van der Waals surface area contributed by atoms with E-state index in [2.05, 4.69) is 4.98 Å². The number of aromatic amines is 1. The third kappa shape index (κ3) is 1.86. The maximum absolute atomic E-state index is 13.4. The highest BCUT2D eigenvalue weighted by Gasteiger charge is 2.07. The number of aromatic nitrogens is 1. The quantitative estimate of drug-likeness (QED) is 0.788. The Hall–Kier alpha value is -1.97. The molecule has 82 valence electrons. The van der Waals surface area contributed by atoms with Gasteiger partial charge in [-0.15, -0.1) is 0 Å². The van der Waals surface area contributed by atoms with E-state index in [4.69, 9.17) is 0 Å². The summed E-state index contributed by atoms with van der Waals surface area (Å²) in [6, 6.07) is 5.36. The number of benzene rings is 1. The Balaban J connectivity index is 2.62. The zero-order chi connectivity index (χ0) is 11.7. The molecule has 0 atom stereocenters. The van der Waals surface area contributed by atoms with Crippen molar-refractivity contribution in [3.63, 3.8) is 0 Å². The molecule has 0 unspecified atom stereocenters. The van der Waals surface area contributed by atoms with Crippen molar-refractivity contribution in [1.82, 2.24) is 4.98 Å². The molecule has 0 amide bonds. The summed E-state index contributed by atoms with van der Waals surface area (Å²) >= 11 is 0. The molecule has 2 nitrogen and oxygen atoms in total. The lowest BCUT2D eigenvalue weighted by Crippen LogP contribution is -2.05. The minimum absolute atomic E-state index is 0.173. The van der Waals surface area contributed by atoms with Crippen molar-refractivity contribution < 1.29 is 8.78 Å². The number of aryl methyl sites for hydroxylation is 1. The zero-order valence-corrected chi connectivity index (χ0v) is 8.55. The first-order chi connectivity index (χ1) is 7.58. The first-order valence-electron chi connectivity index (χ1n) is 4.72. The molecule has 1 aromatic heterocycles. The van der Waals surface area contributed by atoms with Crippen LogP contribution in [0.2, 0.25) is 0 Å². The van der Waals surface area contributed by atoms with Crippen LogP contribution in [0, 0.1) is 18.6 Å². The van der Waals surface area contributed by atoms with Gasteiger partial charge in [0.1, 0.15) is 11.6 Å². The van der Waals surface area contributed by atoms with Crippen LogP contribution < -0.4 is 5.56 Å². The first-order valence-corrected chi connectivity index (χ1v) is 4.72. The maximum atomic E-state index is 13.4. The fraction of sp³-hybridized carbons (Fsp3) is 0.0833. The fourth-order valence-electron chi connectivity index (χ4n) is 1.49. The highest BCUT2D eigenvalue weighted by atomic mass is 19.1. The van der Waals surface area contributed by atoms with Crippen molar-refractivity contribution in [2.45, 2.75) is 6.92 Å². The molecule has 2 rings (SSSR count). The Labute approximate surface area is 90.6 Å². The average molecular weight is 221 g/mol. The van der Waals surface area contributed by atoms with E-state index in [0.717, 1.165) is 12.3 Å². The van der Waals surface area contributed by atoms with Gasteiger partial charge in [0.15, 0.2) is 0 Å². The number of hydrogen-bond acceptors (Lipinski definition) is 1. The largest absolute Gasteiger partial charge is 0.326 e. The maximum Gasteiger partial charge on any atom is 0.248 e. The molecule has 0 radical (unpaired) electrons. The summed E-state index contributed by atoms with van der Waals surface area (Å²) in [6.07, 6.45) is 0.996. The van der Waals surface area contributed by atoms with E-state index in [9.17, 15) is 13.6 Å². The van der Waals surface area contributed by atoms with Crippen molar-refractivity contribution in [3.8, 4) is 11.1 Å². The zero-order valence-electron chi connectivity index (χ0n) is 8.55. The fourth-order valence-corrected chi connectivity index (χ4v) is 1.49. The molecule has 0 spiro atoms. The average Bonchev–Trinajstić information content (AvgIpc) is 2.26. The Kier molecular flexibility index (Phi) is 2.56. The van der Waals surface area contributed by atoms with Gasteiger partial charge in [-0.2, -0.15) is 0 Å². The summed E-state index contributed by atoms with van der Waals surface area (Å²) in [5, 5.41) is 0. The third-order valence-corrected chi connectivity index (χ3v) is 2.34. The molecular weight excluding hydrogens is 212 g/mol. The molecule has 1 N–H and O–H groups in total. The van der Waals surface area contributed by atoms with E-state index in [1.165, 1.54) is 18.2 Å². The van der Waals surface area contributed by atoms with Crippen LogP contribution in [0.5, 0.6) is 0 Å². The lowest BCUT2D eigenvalue weighted by molar-refractivity contribution is 0.616. The van der Waals surface area contributed by atoms with Gasteiger partial charge in [-0.3, -0.25) is 4.79 Å². The molecule has 0 saturated heterocycles. The van der Waals surface area contributed by atoms with Crippen LogP contribution in [0.3, 0.4) is 0 Å². The molecule has 1 aromatic carbocycles. The van der Waals surface area contributed by atoms with E-state index in [1.54, 1.807) is 6.92 Å². The second-order valence-electron chi connectivity index (χ2n) is 3.52. The second-order valence-corrected chi connectivity index (χ2v) is 3.52. The number of nitrogens with one attached hydrogen (secondary N) is 1. The van der Waals surface area contributed by atoms with Gasteiger partial charge in [0.05, 0.1) is 0 Å². The van der Waals surface area contributed by atoms with Crippen molar-refractivity contribution in [2.75, 3.05) is 0 Å². The summed E-state index contributed by atoms with van der Waals surface area (Å²) in [5.74, 6) is -0.889. The first kappa shape index (κ1) is 10.5. The number of H-pyrrole nitrogens is 1. The van der Waals surface area contributed by atoms with Gasteiger partial charge in [-0.25, -0.2) is 8.78 Å². The molecule has 4 heteroatoms. The standard InChI is InChI=1S/C12H9F2NO/c1-7-4-8(2-3-10(7)13)9-5-12(16)15-6-11(9)14/h2-6H,1H3,(H,15,16). The minimum Gasteiger partial charge on any atom is -0.326 e.